The summed E-state index contributed by atoms with van der Waals surface area (Å²) < 4.78 is 6.08. The molecule has 1 fully saturated rings. The molecule has 5 N–H and O–H groups in total. The Morgan fingerprint density at radius 2 is 1.91 bits per heavy atom. The molecule has 2 aromatic carbocycles. The van der Waals surface area contributed by atoms with Crippen LogP contribution in [0.15, 0.2) is 60.7 Å². The Hall–Kier alpha value is -3.36. The number of hydrogen-bond donors (Lipinski definition) is 4. The van der Waals surface area contributed by atoms with Crippen LogP contribution in [-0.2, 0) is 6.61 Å². The zero-order valence-electron chi connectivity index (χ0n) is 17.6. The van der Waals surface area contributed by atoms with Gasteiger partial charge in [-0.05, 0) is 43.1 Å². The number of para-hydroxylation sites is 1. The van der Waals surface area contributed by atoms with Gasteiger partial charge >= 0.3 is 6.03 Å². The molecule has 166 valence electrons. The molecule has 0 radical (unpaired) electrons. The number of carbonyl (C=O) groups is 2. The van der Waals surface area contributed by atoms with E-state index in [1.54, 1.807) is 6.07 Å². The number of piperidine rings is 1. The summed E-state index contributed by atoms with van der Waals surface area (Å²) in [5.74, 6) is 0.472. The molecule has 3 amide bonds. The van der Waals surface area contributed by atoms with Crippen molar-refractivity contribution in [1.29, 1.82) is 0 Å². The number of ether oxygens (including phenoxy) is 1. The predicted molar refractivity (Wildman–Crippen MR) is 127 cm³/mol. The molecule has 3 aromatic rings. The largest absolute Gasteiger partial charge is 0.488 e. The lowest BCUT2D eigenvalue weighted by Gasteiger charge is -2.23. The first kappa shape index (κ1) is 21.9. The van der Waals surface area contributed by atoms with E-state index in [0.29, 0.717) is 22.9 Å². The van der Waals surface area contributed by atoms with Gasteiger partial charge in [0.2, 0.25) is 0 Å². The number of benzene rings is 2. The SMILES string of the molecule is NC(=O)Nc1sc(-c2ccccc2OCc2ccccc2)cc1C(=O)N[C@H]1CCCNC1. The maximum atomic E-state index is 13.0. The molecule has 0 saturated carbocycles. The fourth-order valence-electron chi connectivity index (χ4n) is 3.67. The highest BCUT2D eigenvalue weighted by Gasteiger charge is 2.23. The number of amides is 3. The summed E-state index contributed by atoms with van der Waals surface area (Å²) >= 11 is 1.30. The minimum atomic E-state index is -0.708. The van der Waals surface area contributed by atoms with E-state index in [1.165, 1.54) is 11.3 Å². The molecule has 1 aliphatic heterocycles. The van der Waals surface area contributed by atoms with Crippen LogP contribution in [-0.4, -0.2) is 31.1 Å². The number of nitrogens with two attached hydrogens (primary N) is 1. The average Bonchev–Trinajstić information content (AvgIpc) is 3.22. The molecule has 2 heterocycles. The number of anilines is 1. The van der Waals surface area contributed by atoms with Crippen molar-refractivity contribution < 1.29 is 14.3 Å². The standard InChI is InChI=1S/C24H26N4O3S/c25-24(30)28-23-19(22(29)27-17-9-6-12-26-14-17)13-21(32-23)18-10-4-5-11-20(18)31-15-16-7-2-1-3-8-16/h1-5,7-8,10-11,13,17,26H,6,9,12,14-15H2,(H,27,29)(H3,25,28,30)/t17-/m0/s1. The first-order chi connectivity index (χ1) is 15.6. The molecule has 0 unspecified atom stereocenters. The second-order valence-corrected chi connectivity index (χ2v) is 8.68. The highest BCUT2D eigenvalue weighted by molar-refractivity contribution is 7.20. The van der Waals surface area contributed by atoms with Gasteiger partial charge in [-0.15, -0.1) is 11.3 Å². The highest BCUT2D eigenvalue weighted by atomic mass is 32.1. The zero-order valence-corrected chi connectivity index (χ0v) is 18.4. The van der Waals surface area contributed by atoms with E-state index < -0.39 is 6.03 Å². The van der Waals surface area contributed by atoms with Crippen LogP contribution in [0.3, 0.4) is 0 Å². The topological polar surface area (TPSA) is 105 Å². The van der Waals surface area contributed by atoms with Gasteiger partial charge in [0.1, 0.15) is 17.4 Å². The summed E-state index contributed by atoms with van der Waals surface area (Å²) in [6, 6.07) is 18.7. The van der Waals surface area contributed by atoms with Crippen LogP contribution in [0.5, 0.6) is 5.75 Å². The summed E-state index contributed by atoms with van der Waals surface area (Å²) in [6.45, 7) is 2.12. The molecule has 1 atom stereocenters. The van der Waals surface area contributed by atoms with Gasteiger partial charge in [-0.1, -0.05) is 42.5 Å². The van der Waals surface area contributed by atoms with E-state index in [0.717, 1.165) is 41.9 Å². The van der Waals surface area contributed by atoms with Gasteiger partial charge < -0.3 is 21.1 Å². The third kappa shape index (κ3) is 5.46. The highest BCUT2D eigenvalue weighted by Crippen LogP contribution is 2.40. The van der Waals surface area contributed by atoms with Crippen LogP contribution in [0, 0.1) is 0 Å². The number of nitrogens with one attached hydrogen (secondary N) is 3. The van der Waals surface area contributed by atoms with Gasteiger partial charge in [-0.25, -0.2) is 4.79 Å². The third-order valence-corrected chi connectivity index (χ3v) is 6.32. The molecule has 4 rings (SSSR count). The van der Waals surface area contributed by atoms with Crippen molar-refractivity contribution >= 4 is 28.3 Å². The first-order valence-corrected chi connectivity index (χ1v) is 11.4. The van der Waals surface area contributed by atoms with Crippen molar-refractivity contribution in [3.63, 3.8) is 0 Å². The van der Waals surface area contributed by atoms with Gasteiger partial charge in [-0.3, -0.25) is 10.1 Å². The van der Waals surface area contributed by atoms with Crippen LogP contribution < -0.4 is 26.4 Å². The normalized spacial score (nSPS) is 15.7. The summed E-state index contributed by atoms with van der Waals surface area (Å²) in [7, 11) is 0. The van der Waals surface area contributed by atoms with Crippen molar-refractivity contribution in [1.82, 2.24) is 10.6 Å². The molecule has 32 heavy (non-hydrogen) atoms. The Morgan fingerprint density at radius 1 is 1.12 bits per heavy atom. The fraction of sp³-hybridized carbons (Fsp3) is 0.250. The zero-order chi connectivity index (χ0) is 22.3. The Kier molecular flexibility index (Phi) is 7.03. The Labute approximate surface area is 191 Å². The number of primary amides is 1. The number of urea groups is 1. The van der Waals surface area contributed by atoms with Crippen LogP contribution in [0.4, 0.5) is 9.80 Å². The van der Waals surface area contributed by atoms with E-state index in [-0.39, 0.29) is 11.9 Å². The molecule has 0 spiro atoms. The lowest BCUT2D eigenvalue weighted by atomic mass is 10.1. The van der Waals surface area contributed by atoms with E-state index in [1.807, 2.05) is 54.6 Å². The summed E-state index contributed by atoms with van der Waals surface area (Å²) in [5.41, 5.74) is 7.66. The number of rotatable bonds is 7. The minimum Gasteiger partial charge on any atom is -0.488 e. The Bertz CT molecular complexity index is 1080. The number of hydrogen-bond acceptors (Lipinski definition) is 5. The summed E-state index contributed by atoms with van der Waals surface area (Å²) in [4.78, 5) is 25.4. The maximum Gasteiger partial charge on any atom is 0.317 e. The van der Waals surface area contributed by atoms with Gasteiger partial charge in [0.15, 0.2) is 0 Å². The Morgan fingerprint density at radius 3 is 2.66 bits per heavy atom. The smallest absolute Gasteiger partial charge is 0.317 e. The molecule has 1 aliphatic rings. The van der Waals surface area contributed by atoms with Gasteiger partial charge in [-0.2, -0.15) is 0 Å². The van der Waals surface area contributed by atoms with Crippen LogP contribution in [0.1, 0.15) is 28.8 Å². The minimum absolute atomic E-state index is 0.0579. The summed E-state index contributed by atoms with van der Waals surface area (Å²) in [6.07, 6.45) is 1.93. The molecule has 8 heteroatoms. The van der Waals surface area contributed by atoms with E-state index in [4.69, 9.17) is 10.5 Å². The van der Waals surface area contributed by atoms with Crippen LogP contribution in [0.2, 0.25) is 0 Å². The molecule has 0 aliphatic carbocycles. The monoisotopic (exact) mass is 450 g/mol. The quantitative estimate of drug-likeness (QED) is 0.437. The fourth-order valence-corrected chi connectivity index (χ4v) is 4.76. The third-order valence-electron chi connectivity index (χ3n) is 5.24. The van der Waals surface area contributed by atoms with Crippen molar-refractivity contribution in [2.45, 2.75) is 25.5 Å². The second kappa shape index (κ2) is 10.3. The molecule has 1 aromatic heterocycles. The van der Waals surface area contributed by atoms with Gasteiger partial charge in [0.05, 0.1) is 5.56 Å². The van der Waals surface area contributed by atoms with Crippen molar-refractivity contribution in [3.8, 4) is 16.2 Å². The lowest BCUT2D eigenvalue weighted by molar-refractivity contribution is 0.0932. The van der Waals surface area contributed by atoms with Crippen molar-refractivity contribution in [2.75, 3.05) is 18.4 Å². The second-order valence-electron chi connectivity index (χ2n) is 7.63. The van der Waals surface area contributed by atoms with Crippen LogP contribution >= 0.6 is 11.3 Å². The molecule has 0 bridgehead atoms. The molecule has 1 saturated heterocycles. The maximum absolute atomic E-state index is 13.0. The van der Waals surface area contributed by atoms with Gasteiger partial charge in [0, 0.05) is 23.0 Å². The number of thiophene rings is 1. The number of carbonyl (C=O) groups excluding carboxylic acids is 2. The Balaban J connectivity index is 1.59. The molecular formula is C24H26N4O3S. The first-order valence-electron chi connectivity index (χ1n) is 10.6. The average molecular weight is 451 g/mol. The predicted octanol–water partition coefficient (Wildman–Crippen LogP) is 3.97. The van der Waals surface area contributed by atoms with E-state index >= 15 is 0 Å². The lowest BCUT2D eigenvalue weighted by Crippen LogP contribution is -2.45. The molecular weight excluding hydrogens is 424 g/mol. The van der Waals surface area contributed by atoms with Crippen molar-refractivity contribution in [2.24, 2.45) is 5.73 Å². The van der Waals surface area contributed by atoms with E-state index in [2.05, 4.69) is 16.0 Å². The summed E-state index contributed by atoms with van der Waals surface area (Å²) in [5, 5.41) is 9.36. The van der Waals surface area contributed by atoms with Crippen molar-refractivity contribution in [3.05, 3.63) is 71.8 Å². The van der Waals surface area contributed by atoms with Gasteiger partial charge in [0.25, 0.3) is 5.91 Å². The van der Waals surface area contributed by atoms with E-state index in [9.17, 15) is 9.59 Å². The molecule has 7 nitrogen and oxygen atoms in total. The van der Waals surface area contributed by atoms with Crippen LogP contribution in [0.25, 0.3) is 10.4 Å².